The molecular formula is C20H40N2O4Si2. The molecule has 2 atom stereocenters. The standard InChI is InChI=1S/C20H40N2O4Si2/c1-9-17(23)21-19(25-27(11-3,12-4)13-5)20(22-18(24)10-2)26-28(14-6,15-7)16-8/h9-10,19-20H,1-2,11-16H2,3-8H3,(H,21,23)(H,22,24). The summed E-state index contributed by atoms with van der Waals surface area (Å²) in [6.07, 6.45) is 0.884. The lowest BCUT2D eigenvalue weighted by Gasteiger charge is -2.41. The number of nitrogens with one attached hydrogen (secondary N) is 2. The molecule has 0 fully saturated rings. The van der Waals surface area contributed by atoms with E-state index in [0.717, 1.165) is 36.3 Å². The summed E-state index contributed by atoms with van der Waals surface area (Å²) in [5.41, 5.74) is 0. The molecule has 162 valence electrons. The molecule has 0 aromatic heterocycles. The highest BCUT2D eigenvalue weighted by Gasteiger charge is 2.40. The molecule has 0 aliphatic heterocycles. The second-order valence-electron chi connectivity index (χ2n) is 6.99. The van der Waals surface area contributed by atoms with Crippen LogP contribution >= 0.6 is 0 Å². The maximum atomic E-state index is 12.1. The van der Waals surface area contributed by atoms with Gasteiger partial charge in [-0.3, -0.25) is 9.59 Å². The van der Waals surface area contributed by atoms with Crippen molar-refractivity contribution in [2.75, 3.05) is 0 Å². The van der Waals surface area contributed by atoms with E-state index in [2.05, 4.69) is 65.3 Å². The highest BCUT2D eigenvalue weighted by Crippen LogP contribution is 2.27. The number of hydrogen-bond acceptors (Lipinski definition) is 4. The first-order valence-electron chi connectivity index (χ1n) is 10.5. The summed E-state index contributed by atoms with van der Waals surface area (Å²) in [6.45, 7) is 19.8. The molecule has 0 aromatic carbocycles. The van der Waals surface area contributed by atoms with Crippen LogP contribution in [0.15, 0.2) is 25.3 Å². The van der Waals surface area contributed by atoms with Crippen LogP contribution in [-0.2, 0) is 18.4 Å². The predicted octanol–water partition coefficient (Wildman–Crippen LogP) is 4.29. The zero-order chi connectivity index (χ0) is 21.8. The molecule has 0 aliphatic rings. The van der Waals surface area contributed by atoms with Crippen molar-refractivity contribution >= 4 is 28.4 Å². The molecular weight excluding hydrogens is 388 g/mol. The summed E-state index contributed by atoms with van der Waals surface area (Å²) >= 11 is 0. The third-order valence-corrected chi connectivity index (χ3v) is 15.1. The van der Waals surface area contributed by atoms with Gasteiger partial charge < -0.3 is 19.5 Å². The van der Waals surface area contributed by atoms with E-state index in [1.54, 1.807) is 0 Å². The number of carbonyl (C=O) groups excluding carboxylic acids is 2. The first-order valence-corrected chi connectivity index (χ1v) is 15.5. The van der Waals surface area contributed by atoms with Crippen LogP contribution in [-0.4, -0.2) is 40.9 Å². The van der Waals surface area contributed by atoms with Gasteiger partial charge in [0.25, 0.3) is 0 Å². The van der Waals surface area contributed by atoms with Gasteiger partial charge in [-0.15, -0.1) is 0 Å². The average molecular weight is 429 g/mol. The molecule has 0 saturated heterocycles. The third-order valence-electron chi connectivity index (χ3n) is 5.83. The molecule has 28 heavy (non-hydrogen) atoms. The van der Waals surface area contributed by atoms with E-state index < -0.39 is 29.1 Å². The van der Waals surface area contributed by atoms with Gasteiger partial charge in [0.15, 0.2) is 29.1 Å². The third kappa shape index (κ3) is 7.65. The second kappa shape index (κ2) is 13.1. The summed E-state index contributed by atoms with van der Waals surface area (Å²) in [7, 11) is -4.16. The van der Waals surface area contributed by atoms with Gasteiger partial charge in [0, 0.05) is 0 Å². The molecule has 2 amide bonds. The Morgan fingerprint density at radius 3 is 1.14 bits per heavy atom. The molecule has 0 heterocycles. The first kappa shape index (κ1) is 26.8. The van der Waals surface area contributed by atoms with Crippen molar-refractivity contribution in [2.24, 2.45) is 0 Å². The van der Waals surface area contributed by atoms with Crippen molar-refractivity contribution in [3.8, 4) is 0 Å². The lowest BCUT2D eigenvalue weighted by atomic mass is 10.4. The van der Waals surface area contributed by atoms with E-state index in [1.807, 2.05) is 0 Å². The molecule has 0 rings (SSSR count). The normalized spacial score (nSPS) is 14.1. The van der Waals surface area contributed by atoms with E-state index in [0.29, 0.717) is 0 Å². The van der Waals surface area contributed by atoms with E-state index in [-0.39, 0.29) is 11.8 Å². The Kier molecular flexibility index (Phi) is 12.5. The van der Waals surface area contributed by atoms with Crippen molar-refractivity contribution in [1.29, 1.82) is 0 Å². The van der Waals surface area contributed by atoms with E-state index in [4.69, 9.17) is 8.85 Å². The molecule has 0 saturated carbocycles. The Morgan fingerprint density at radius 1 is 0.714 bits per heavy atom. The minimum Gasteiger partial charge on any atom is -0.394 e. The maximum absolute atomic E-state index is 12.1. The maximum Gasteiger partial charge on any atom is 0.245 e. The van der Waals surface area contributed by atoms with Gasteiger partial charge in [0.05, 0.1) is 0 Å². The number of amides is 2. The average Bonchev–Trinajstić information content (AvgIpc) is 2.74. The molecule has 6 nitrogen and oxygen atoms in total. The van der Waals surface area contributed by atoms with Crippen LogP contribution in [0.4, 0.5) is 0 Å². The number of carbonyl (C=O) groups is 2. The molecule has 0 spiro atoms. The van der Waals surface area contributed by atoms with Crippen LogP contribution in [0.25, 0.3) is 0 Å². The molecule has 2 N–H and O–H groups in total. The van der Waals surface area contributed by atoms with E-state index in [9.17, 15) is 9.59 Å². The number of rotatable bonds is 15. The fourth-order valence-electron chi connectivity index (χ4n) is 3.27. The summed E-state index contributed by atoms with van der Waals surface area (Å²) in [6, 6.07) is 5.50. The van der Waals surface area contributed by atoms with Crippen LogP contribution in [0.2, 0.25) is 36.3 Å². The first-order chi connectivity index (χ1) is 13.2. The zero-order valence-electron chi connectivity index (χ0n) is 18.6. The summed E-state index contributed by atoms with van der Waals surface area (Å²) in [5, 5.41) is 5.71. The van der Waals surface area contributed by atoms with E-state index in [1.165, 1.54) is 12.2 Å². The summed E-state index contributed by atoms with van der Waals surface area (Å²) < 4.78 is 13.1. The highest BCUT2D eigenvalue weighted by atomic mass is 28.4. The smallest absolute Gasteiger partial charge is 0.245 e. The van der Waals surface area contributed by atoms with Gasteiger partial charge >= 0.3 is 0 Å². The van der Waals surface area contributed by atoms with Crippen molar-refractivity contribution in [1.82, 2.24) is 10.6 Å². The van der Waals surface area contributed by atoms with Crippen LogP contribution in [0.1, 0.15) is 41.5 Å². The topological polar surface area (TPSA) is 76.7 Å². The predicted molar refractivity (Wildman–Crippen MR) is 121 cm³/mol. The fraction of sp³-hybridized carbons (Fsp3) is 0.700. The van der Waals surface area contributed by atoms with Crippen molar-refractivity contribution < 1.29 is 18.4 Å². The van der Waals surface area contributed by atoms with Crippen LogP contribution in [0, 0.1) is 0 Å². The van der Waals surface area contributed by atoms with Crippen molar-refractivity contribution in [3.05, 3.63) is 25.3 Å². The molecule has 0 aliphatic carbocycles. The largest absolute Gasteiger partial charge is 0.394 e. The molecule has 0 radical (unpaired) electrons. The Bertz CT molecular complexity index is 458. The Labute approximate surface area is 173 Å². The van der Waals surface area contributed by atoms with Crippen molar-refractivity contribution in [2.45, 2.75) is 90.3 Å². The Balaban J connectivity index is 6.03. The van der Waals surface area contributed by atoms with Gasteiger partial charge in [-0.2, -0.15) is 0 Å². The fourth-order valence-corrected chi connectivity index (χ4v) is 8.71. The van der Waals surface area contributed by atoms with Crippen LogP contribution < -0.4 is 10.6 Å². The van der Waals surface area contributed by atoms with Gasteiger partial charge in [-0.1, -0.05) is 54.7 Å². The van der Waals surface area contributed by atoms with Gasteiger partial charge in [-0.25, -0.2) is 0 Å². The molecule has 0 bridgehead atoms. The number of hydrogen-bond donors (Lipinski definition) is 2. The monoisotopic (exact) mass is 428 g/mol. The minimum absolute atomic E-state index is 0.352. The Morgan fingerprint density at radius 2 is 0.964 bits per heavy atom. The minimum atomic E-state index is -2.08. The lowest BCUT2D eigenvalue weighted by Crippen LogP contribution is -2.61. The summed E-state index contributed by atoms with van der Waals surface area (Å²) in [4.78, 5) is 24.3. The van der Waals surface area contributed by atoms with Crippen molar-refractivity contribution in [3.63, 3.8) is 0 Å². The molecule has 2 unspecified atom stereocenters. The van der Waals surface area contributed by atoms with Crippen LogP contribution in [0.3, 0.4) is 0 Å². The SMILES string of the molecule is C=CC(=O)NC(O[Si](CC)(CC)CC)C(NC(=O)C=C)O[Si](CC)(CC)CC. The zero-order valence-corrected chi connectivity index (χ0v) is 20.6. The van der Waals surface area contributed by atoms with E-state index >= 15 is 0 Å². The summed E-state index contributed by atoms with van der Waals surface area (Å²) in [5.74, 6) is -0.705. The molecule has 0 aromatic rings. The van der Waals surface area contributed by atoms with Gasteiger partial charge in [0.2, 0.25) is 11.8 Å². The lowest BCUT2D eigenvalue weighted by molar-refractivity contribution is -0.127. The second-order valence-corrected chi connectivity index (χ2v) is 16.4. The quantitative estimate of drug-likeness (QED) is 0.232. The van der Waals surface area contributed by atoms with Gasteiger partial charge in [-0.05, 0) is 48.4 Å². The van der Waals surface area contributed by atoms with Gasteiger partial charge in [0.1, 0.15) is 0 Å². The highest BCUT2D eigenvalue weighted by molar-refractivity contribution is 6.74. The Hall–Kier alpha value is -1.23. The van der Waals surface area contributed by atoms with Crippen LogP contribution in [0.5, 0.6) is 0 Å². The molecule has 8 heteroatoms.